The highest BCUT2D eigenvalue weighted by Crippen LogP contribution is 2.42. The van der Waals surface area contributed by atoms with E-state index in [9.17, 15) is 0 Å². The fourth-order valence-electron chi connectivity index (χ4n) is 3.80. The van der Waals surface area contributed by atoms with Crippen molar-refractivity contribution in [3.63, 3.8) is 0 Å². The molecule has 19 heavy (non-hydrogen) atoms. The molecule has 0 aromatic carbocycles. The van der Waals surface area contributed by atoms with Gasteiger partial charge in [-0.25, -0.2) is 0 Å². The molecule has 0 spiro atoms. The van der Waals surface area contributed by atoms with Crippen LogP contribution in [0.5, 0.6) is 0 Å². The summed E-state index contributed by atoms with van der Waals surface area (Å²) in [5.41, 5.74) is 0. The number of hydrogen-bond donors (Lipinski definition) is 1. The maximum atomic E-state index is 3.82. The highest BCUT2D eigenvalue weighted by Gasteiger charge is 2.46. The lowest BCUT2D eigenvalue weighted by atomic mass is 9.92. The molecule has 1 saturated heterocycles. The molecule has 1 aliphatic carbocycles. The van der Waals surface area contributed by atoms with E-state index in [-0.39, 0.29) is 0 Å². The fraction of sp³-hybridized carbons (Fsp3) is 1.00. The summed E-state index contributed by atoms with van der Waals surface area (Å²) >= 11 is 0. The molecule has 5 unspecified atom stereocenters. The number of nitrogens with one attached hydrogen (secondary N) is 1. The molecule has 2 rings (SSSR count). The van der Waals surface area contributed by atoms with E-state index >= 15 is 0 Å². The van der Waals surface area contributed by atoms with Gasteiger partial charge >= 0.3 is 0 Å². The summed E-state index contributed by atoms with van der Waals surface area (Å²) in [5.74, 6) is 2.58. The summed E-state index contributed by atoms with van der Waals surface area (Å²) in [5, 5.41) is 3.82. The van der Waals surface area contributed by atoms with Crippen LogP contribution in [0.4, 0.5) is 0 Å². The van der Waals surface area contributed by atoms with Crippen LogP contribution in [0.1, 0.15) is 60.3 Å². The molecule has 2 nitrogen and oxygen atoms in total. The van der Waals surface area contributed by atoms with Gasteiger partial charge in [-0.05, 0) is 30.6 Å². The SMILES string of the molecule is CCCC1CC1N1CC(C(C)CC)NCC1C(C)C. The number of piperazine rings is 1. The lowest BCUT2D eigenvalue weighted by Crippen LogP contribution is -2.60. The highest BCUT2D eigenvalue weighted by molar-refractivity contribution is 5.01. The van der Waals surface area contributed by atoms with E-state index in [1.165, 1.54) is 38.8 Å². The molecule has 1 saturated carbocycles. The Hall–Kier alpha value is -0.0800. The summed E-state index contributed by atoms with van der Waals surface area (Å²) in [6.45, 7) is 14.3. The Morgan fingerprint density at radius 2 is 1.95 bits per heavy atom. The Balaban J connectivity index is 1.98. The minimum Gasteiger partial charge on any atom is -0.311 e. The maximum absolute atomic E-state index is 3.82. The van der Waals surface area contributed by atoms with Crippen molar-refractivity contribution in [2.24, 2.45) is 17.8 Å². The molecular weight excluding hydrogens is 232 g/mol. The van der Waals surface area contributed by atoms with Gasteiger partial charge in [0.1, 0.15) is 0 Å². The van der Waals surface area contributed by atoms with Crippen LogP contribution >= 0.6 is 0 Å². The topological polar surface area (TPSA) is 15.3 Å². The Bertz CT molecular complexity index is 276. The van der Waals surface area contributed by atoms with Gasteiger partial charge < -0.3 is 5.32 Å². The average Bonchev–Trinajstić information content (AvgIpc) is 3.16. The second-order valence-corrected chi connectivity index (χ2v) is 7.26. The normalized spacial score (nSPS) is 37.6. The van der Waals surface area contributed by atoms with Crippen LogP contribution in [0.2, 0.25) is 0 Å². The van der Waals surface area contributed by atoms with E-state index in [0.717, 1.165) is 29.8 Å². The predicted octanol–water partition coefficient (Wildman–Crippen LogP) is 3.52. The zero-order valence-corrected chi connectivity index (χ0v) is 13.7. The van der Waals surface area contributed by atoms with E-state index in [4.69, 9.17) is 0 Å². The van der Waals surface area contributed by atoms with Gasteiger partial charge in [0, 0.05) is 31.2 Å². The third-order valence-electron chi connectivity index (χ3n) is 5.49. The second kappa shape index (κ2) is 6.58. The van der Waals surface area contributed by atoms with Crippen LogP contribution in [0.15, 0.2) is 0 Å². The van der Waals surface area contributed by atoms with Crippen molar-refractivity contribution in [2.45, 2.75) is 78.4 Å². The van der Waals surface area contributed by atoms with Crippen LogP contribution in [0.25, 0.3) is 0 Å². The van der Waals surface area contributed by atoms with Crippen molar-refractivity contribution >= 4 is 0 Å². The van der Waals surface area contributed by atoms with Gasteiger partial charge in [0.15, 0.2) is 0 Å². The monoisotopic (exact) mass is 266 g/mol. The van der Waals surface area contributed by atoms with Gasteiger partial charge in [-0.1, -0.05) is 47.5 Å². The molecule has 1 heterocycles. The van der Waals surface area contributed by atoms with Crippen molar-refractivity contribution < 1.29 is 0 Å². The summed E-state index contributed by atoms with van der Waals surface area (Å²) in [6, 6.07) is 2.37. The Morgan fingerprint density at radius 1 is 1.21 bits per heavy atom. The van der Waals surface area contributed by atoms with Crippen molar-refractivity contribution in [1.29, 1.82) is 0 Å². The van der Waals surface area contributed by atoms with E-state index in [1.54, 1.807) is 0 Å². The van der Waals surface area contributed by atoms with E-state index < -0.39 is 0 Å². The molecule has 5 atom stereocenters. The molecule has 0 bridgehead atoms. The smallest absolute Gasteiger partial charge is 0.0247 e. The van der Waals surface area contributed by atoms with Crippen LogP contribution in [-0.4, -0.2) is 36.1 Å². The molecule has 112 valence electrons. The third kappa shape index (κ3) is 3.52. The Morgan fingerprint density at radius 3 is 2.53 bits per heavy atom. The molecule has 2 aliphatic rings. The average molecular weight is 266 g/mol. The summed E-state index contributed by atoms with van der Waals surface area (Å²) in [4.78, 5) is 2.87. The minimum absolute atomic E-state index is 0.711. The first kappa shape index (κ1) is 15.3. The van der Waals surface area contributed by atoms with Crippen LogP contribution in [0.3, 0.4) is 0 Å². The first-order valence-electron chi connectivity index (χ1n) is 8.57. The second-order valence-electron chi connectivity index (χ2n) is 7.26. The van der Waals surface area contributed by atoms with Gasteiger partial charge in [-0.3, -0.25) is 4.90 Å². The molecule has 0 aromatic heterocycles. The number of hydrogen-bond acceptors (Lipinski definition) is 2. The van der Waals surface area contributed by atoms with Crippen molar-refractivity contribution in [2.75, 3.05) is 13.1 Å². The molecule has 2 fully saturated rings. The molecule has 0 radical (unpaired) electrons. The van der Waals surface area contributed by atoms with Crippen LogP contribution < -0.4 is 5.32 Å². The zero-order valence-electron chi connectivity index (χ0n) is 13.7. The summed E-state index contributed by atoms with van der Waals surface area (Å²) in [7, 11) is 0. The predicted molar refractivity (Wildman–Crippen MR) is 83.4 cm³/mol. The van der Waals surface area contributed by atoms with Gasteiger partial charge in [0.05, 0.1) is 0 Å². The lowest BCUT2D eigenvalue weighted by Gasteiger charge is -2.44. The standard InChI is InChI=1S/C17H34N2/c1-6-8-14-9-16(14)19-11-15(13(5)7-2)18-10-17(19)12(3)4/h12-18H,6-11H2,1-5H3. The van der Waals surface area contributed by atoms with Gasteiger partial charge in [0.2, 0.25) is 0 Å². The summed E-state index contributed by atoms with van der Waals surface area (Å²) in [6.07, 6.45) is 5.55. The first-order valence-corrected chi connectivity index (χ1v) is 8.57. The van der Waals surface area contributed by atoms with Crippen LogP contribution in [0, 0.1) is 17.8 Å². The molecular formula is C17H34N2. The molecule has 2 heteroatoms. The third-order valence-corrected chi connectivity index (χ3v) is 5.49. The van der Waals surface area contributed by atoms with Crippen molar-refractivity contribution in [1.82, 2.24) is 10.2 Å². The quantitative estimate of drug-likeness (QED) is 0.791. The first-order chi connectivity index (χ1) is 9.08. The molecule has 0 aromatic rings. The zero-order chi connectivity index (χ0) is 14.0. The van der Waals surface area contributed by atoms with Crippen molar-refractivity contribution in [3.8, 4) is 0 Å². The number of nitrogens with zero attached hydrogens (tertiary/aromatic N) is 1. The molecule has 0 amide bonds. The van der Waals surface area contributed by atoms with Gasteiger partial charge in [-0.2, -0.15) is 0 Å². The largest absolute Gasteiger partial charge is 0.311 e. The molecule has 1 aliphatic heterocycles. The maximum Gasteiger partial charge on any atom is 0.0247 e. The molecule has 1 N–H and O–H groups in total. The number of rotatable bonds is 6. The lowest BCUT2D eigenvalue weighted by molar-refractivity contribution is 0.0696. The van der Waals surface area contributed by atoms with E-state index in [1.807, 2.05) is 0 Å². The van der Waals surface area contributed by atoms with Crippen LogP contribution in [-0.2, 0) is 0 Å². The Labute approximate surface area is 120 Å². The van der Waals surface area contributed by atoms with Crippen molar-refractivity contribution in [3.05, 3.63) is 0 Å². The highest BCUT2D eigenvalue weighted by atomic mass is 15.3. The minimum atomic E-state index is 0.711. The van der Waals surface area contributed by atoms with Gasteiger partial charge in [0.25, 0.3) is 0 Å². The summed E-state index contributed by atoms with van der Waals surface area (Å²) < 4.78 is 0. The Kier molecular flexibility index (Phi) is 5.30. The van der Waals surface area contributed by atoms with E-state index in [2.05, 4.69) is 44.8 Å². The van der Waals surface area contributed by atoms with Gasteiger partial charge in [-0.15, -0.1) is 0 Å². The fourth-order valence-corrected chi connectivity index (χ4v) is 3.80. The van der Waals surface area contributed by atoms with E-state index in [0.29, 0.717) is 6.04 Å².